The lowest BCUT2D eigenvalue weighted by atomic mass is 9.84. The number of nitrogens with zero attached hydrogens (tertiary/aromatic N) is 2. The van der Waals surface area contributed by atoms with Gasteiger partial charge in [-0.2, -0.15) is 0 Å². The largest absolute Gasteiger partial charge is 0.493 e. The Kier molecular flexibility index (Phi) is 19.0. The molecule has 2 unspecified atom stereocenters. The number of hydrogen-bond donors (Lipinski definition) is 3. The molecule has 0 bridgehead atoms. The number of carbonyl (C=O) groups is 10. The summed E-state index contributed by atoms with van der Waals surface area (Å²) in [6.45, 7) is 5.51. The summed E-state index contributed by atoms with van der Waals surface area (Å²) in [4.78, 5) is 132. The van der Waals surface area contributed by atoms with Crippen LogP contribution in [-0.4, -0.2) is 115 Å². The molecule has 73 heavy (non-hydrogen) atoms. The number of methoxy groups -OCH3 is 2. The van der Waals surface area contributed by atoms with Gasteiger partial charge in [-0.25, -0.2) is 4.79 Å². The summed E-state index contributed by atoms with van der Waals surface area (Å²) in [6, 6.07) is 14.7. The molecule has 0 radical (unpaired) electrons. The highest BCUT2D eigenvalue weighted by Gasteiger charge is 2.46. The third-order valence-corrected chi connectivity index (χ3v) is 13.5. The SMILES string of the molecule is CCC(C)(C)C(=O)C(=O)N1CCCCC1C(=O)O[C@H](CCc1ccc(OC)c(OC)c1)c1cccc(NC(=O)CCC(=O)NCCCCCC(=O)COc2cccc3c2C(=O)N(C2CCC(=O)NC2=O)C3=O)c1. The van der Waals surface area contributed by atoms with Gasteiger partial charge in [0.15, 0.2) is 17.3 Å². The number of fused-ring (bicyclic) bond motifs is 1. The van der Waals surface area contributed by atoms with E-state index in [-0.39, 0.29) is 73.8 Å². The van der Waals surface area contributed by atoms with Crippen LogP contribution in [0.5, 0.6) is 17.2 Å². The number of rotatable bonds is 25. The zero-order valence-corrected chi connectivity index (χ0v) is 42.1. The van der Waals surface area contributed by atoms with E-state index in [0.29, 0.717) is 87.1 Å². The number of carbonyl (C=O) groups excluding carboxylic acids is 10. The van der Waals surface area contributed by atoms with E-state index >= 15 is 0 Å². The van der Waals surface area contributed by atoms with Crippen molar-refractivity contribution in [2.45, 2.75) is 129 Å². The molecule has 3 aromatic carbocycles. The van der Waals surface area contributed by atoms with Gasteiger partial charge < -0.3 is 34.5 Å². The predicted octanol–water partition coefficient (Wildman–Crippen LogP) is 5.75. The molecule has 3 heterocycles. The number of nitrogens with one attached hydrogen (secondary N) is 3. The van der Waals surface area contributed by atoms with Crippen molar-refractivity contribution in [3.8, 4) is 17.2 Å². The van der Waals surface area contributed by atoms with Crippen molar-refractivity contribution < 1.29 is 66.9 Å². The number of anilines is 1. The van der Waals surface area contributed by atoms with E-state index in [1.165, 1.54) is 30.2 Å². The molecule has 390 valence electrons. The number of Topliss-reactive ketones (excluding diaryl/α,β-unsaturated/α-hetero) is 2. The maximum atomic E-state index is 14.0. The van der Waals surface area contributed by atoms with Crippen LogP contribution in [0.25, 0.3) is 0 Å². The molecule has 0 aliphatic carbocycles. The van der Waals surface area contributed by atoms with E-state index in [9.17, 15) is 47.9 Å². The molecule has 2 saturated heterocycles. The number of unbranched alkanes of at least 4 members (excludes halogenated alkanes) is 2. The molecule has 3 N–H and O–H groups in total. The zero-order valence-electron chi connectivity index (χ0n) is 42.1. The number of aryl methyl sites for hydroxylation is 1. The van der Waals surface area contributed by atoms with Crippen LogP contribution in [0.1, 0.15) is 142 Å². The molecule has 19 nitrogen and oxygen atoms in total. The van der Waals surface area contributed by atoms with Crippen molar-refractivity contribution in [2.24, 2.45) is 5.41 Å². The van der Waals surface area contributed by atoms with Crippen molar-refractivity contribution in [2.75, 3.05) is 39.2 Å². The second-order valence-electron chi connectivity index (χ2n) is 19.0. The molecule has 3 atom stereocenters. The van der Waals surface area contributed by atoms with Gasteiger partial charge in [0.1, 0.15) is 30.5 Å². The number of amides is 7. The number of benzene rings is 3. The molecule has 0 spiro atoms. The number of esters is 1. The highest BCUT2D eigenvalue weighted by atomic mass is 16.5. The molecule has 3 aliphatic heterocycles. The summed E-state index contributed by atoms with van der Waals surface area (Å²) >= 11 is 0. The summed E-state index contributed by atoms with van der Waals surface area (Å²) in [5.74, 6) is -4.33. The summed E-state index contributed by atoms with van der Waals surface area (Å²) in [7, 11) is 3.08. The first-order chi connectivity index (χ1) is 35.0. The molecule has 0 saturated carbocycles. The number of imide groups is 2. The summed E-state index contributed by atoms with van der Waals surface area (Å²) in [5.41, 5.74) is 1.01. The fraction of sp³-hybridized carbons (Fsp3) is 0.481. The molecule has 7 amide bonds. The first-order valence-corrected chi connectivity index (χ1v) is 24.9. The number of likely N-dealkylation sites (tertiary alicyclic amines) is 1. The maximum absolute atomic E-state index is 14.0. The zero-order chi connectivity index (χ0) is 52.8. The molecule has 0 aromatic heterocycles. The van der Waals surface area contributed by atoms with Crippen LogP contribution in [0, 0.1) is 5.41 Å². The number of ether oxygens (including phenoxy) is 4. The van der Waals surface area contributed by atoms with Crippen molar-refractivity contribution in [3.05, 3.63) is 82.9 Å². The van der Waals surface area contributed by atoms with E-state index in [2.05, 4.69) is 16.0 Å². The lowest BCUT2D eigenvalue weighted by molar-refractivity contribution is -0.164. The summed E-state index contributed by atoms with van der Waals surface area (Å²) < 4.78 is 22.8. The molecule has 3 aliphatic rings. The molecule has 2 fully saturated rings. The minimum atomic E-state index is -1.13. The van der Waals surface area contributed by atoms with Gasteiger partial charge in [0.05, 0.1) is 25.3 Å². The fourth-order valence-electron chi connectivity index (χ4n) is 8.89. The van der Waals surface area contributed by atoms with Gasteiger partial charge in [-0.15, -0.1) is 0 Å². The Morgan fingerprint density at radius 2 is 1.56 bits per heavy atom. The Morgan fingerprint density at radius 3 is 2.30 bits per heavy atom. The van der Waals surface area contributed by atoms with E-state index in [1.54, 1.807) is 51.3 Å². The van der Waals surface area contributed by atoms with Crippen LogP contribution < -0.4 is 30.2 Å². The summed E-state index contributed by atoms with van der Waals surface area (Å²) in [6.07, 6.45) is 3.76. The van der Waals surface area contributed by atoms with Crippen molar-refractivity contribution in [1.82, 2.24) is 20.4 Å². The molecule has 6 rings (SSSR count). The standard InChI is InChI=1S/C54H65N5O14/c1-6-54(2,3)48(64)52(68)58-29-11-9-18-39(58)53(69)73-40(23-20-33-21-24-41(70-4)43(30-33)71-5)34-14-12-15-35(31-34)56-45(62)27-26-44(61)55-28-10-7-8-16-36(60)32-72-42-19-13-17-37-47(42)51(67)59(50(37)66)38-22-25-46(63)57-49(38)65/h12-15,17,19,21,24,30-31,38-40H,6-11,16,18,20,22-23,25-29,32H2,1-5H3,(H,55,61)(H,56,62)(H,57,63,65)/t38?,39?,40-/m1/s1. The quantitative estimate of drug-likeness (QED) is 0.0396. The highest BCUT2D eigenvalue weighted by molar-refractivity contribution is 6.38. The first kappa shape index (κ1) is 54.9. The van der Waals surface area contributed by atoms with E-state index in [1.807, 2.05) is 19.1 Å². The lowest BCUT2D eigenvalue weighted by Crippen LogP contribution is -2.54. The Bertz CT molecular complexity index is 2610. The number of hydrogen-bond acceptors (Lipinski definition) is 14. The van der Waals surface area contributed by atoms with Crippen molar-refractivity contribution in [1.29, 1.82) is 0 Å². The third kappa shape index (κ3) is 14.0. The normalized spacial score (nSPS) is 17.0. The van der Waals surface area contributed by atoms with Crippen LogP contribution in [0.15, 0.2) is 60.7 Å². The van der Waals surface area contributed by atoms with Gasteiger partial charge in [0.2, 0.25) is 29.4 Å². The molecular weight excluding hydrogens is 943 g/mol. The van der Waals surface area contributed by atoms with E-state index in [0.717, 1.165) is 10.5 Å². The van der Waals surface area contributed by atoms with Crippen LogP contribution in [0.3, 0.4) is 0 Å². The van der Waals surface area contributed by atoms with Gasteiger partial charge in [0, 0.05) is 49.9 Å². The minimum absolute atomic E-state index is 0.0104. The van der Waals surface area contributed by atoms with Crippen LogP contribution >= 0.6 is 0 Å². The van der Waals surface area contributed by atoms with Crippen LogP contribution in [0.4, 0.5) is 5.69 Å². The Morgan fingerprint density at radius 1 is 0.808 bits per heavy atom. The average Bonchev–Trinajstić information content (AvgIpc) is 3.64. The van der Waals surface area contributed by atoms with Gasteiger partial charge in [-0.3, -0.25) is 53.4 Å². The Hall–Kier alpha value is -7.44. The molecular formula is C54H65N5O14. The second kappa shape index (κ2) is 25.3. The van der Waals surface area contributed by atoms with Gasteiger partial charge in [-0.1, -0.05) is 51.5 Å². The highest BCUT2D eigenvalue weighted by Crippen LogP contribution is 2.35. The van der Waals surface area contributed by atoms with Crippen LogP contribution in [-0.2, 0) is 49.5 Å². The van der Waals surface area contributed by atoms with Crippen molar-refractivity contribution in [3.63, 3.8) is 0 Å². The second-order valence-corrected chi connectivity index (χ2v) is 19.0. The topological polar surface area (TPSA) is 250 Å². The molecule has 3 aromatic rings. The van der Waals surface area contributed by atoms with E-state index < -0.39 is 70.8 Å². The smallest absolute Gasteiger partial charge is 0.329 e. The van der Waals surface area contributed by atoms with Gasteiger partial charge >= 0.3 is 5.97 Å². The van der Waals surface area contributed by atoms with Crippen molar-refractivity contribution >= 4 is 64.6 Å². The van der Waals surface area contributed by atoms with Gasteiger partial charge in [0.25, 0.3) is 17.7 Å². The summed E-state index contributed by atoms with van der Waals surface area (Å²) in [5, 5.41) is 7.78. The monoisotopic (exact) mass is 1010 g/mol. The van der Waals surface area contributed by atoms with Crippen LogP contribution in [0.2, 0.25) is 0 Å². The Labute approximate surface area is 424 Å². The number of piperidine rings is 2. The Balaban J connectivity index is 0.958. The predicted molar refractivity (Wildman–Crippen MR) is 265 cm³/mol. The maximum Gasteiger partial charge on any atom is 0.329 e. The first-order valence-electron chi connectivity index (χ1n) is 24.9. The van der Waals surface area contributed by atoms with E-state index in [4.69, 9.17) is 18.9 Å². The number of ketones is 2. The van der Waals surface area contributed by atoms with Gasteiger partial charge in [-0.05, 0) is 105 Å². The molecule has 19 heteroatoms. The third-order valence-electron chi connectivity index (χ3n) is 13.5. The lowest BCUT2D eigenvalue weighted by Gasteiger charge is -2.36. The average molecular weight is 1010 g/mol. The fourth-order valence-corrected chi connectivity index (χ4v) is 8.89. The minimum Gasteiger partial charge on any atom is -0.493 e.